The summed E-state index contributed by atoms with van der Waals surface area (Å²) in [6.45, 7) is 13.0. The summed E-state index contributed by atoms with van der Waals surface area (Å²) in [7, 11) is 0. The molecule has 164 valence electrons. The fourth-order valence-corrected chi connectivity index (χ4v) is 2.71. The maximum absolute atomic E-state index is 13.0. The summed E-state index contributed by atoms with van der Waals surface area (Å²) < 4.78 is 16.8. The van der Waals surface area contributed by atoms with Gasteiger partial charge in [0.25, 0.3) is 5.91 Å². The maximum Gasteiger partial charge on any atom is 0.341 e. The highest BCUT2D eigenvalue weighted by Crippen LogP contribution is 2.27. The Morgan fingerprint density at radius 3 is 2.45 bits per heavy atom. The minimum absolute atomic E-state index is 0.218. The average Bonchev–Trinajstić information content (AvgIpc) is 2.69. The monoisotopic (exact) mass is 407 g/mol. The molecule has 0 spiro atoms. The van der Waals surface area contributed by atoms with Crippen molar-refractivity contribution in [2.24, 2.45) is 5.92 Å². The SMILES string of the molecule is CCCC[C@@](C)(OCCC)C(=O)Nc1ccc(OCC(C)C)c(C(=O)OCC)c1. The van der Waals surface area contributed by atoms with Gasteiger partial charge in [-0.1, -0.05) is 40.5 Å². The molecule has 0 saturated carbocycles. The third kappa shape index (κ3) is 8.05. The van der Waals surface area contributed by atoms with Gasteiger partial charge in [0.2, 0.25) is 0 Å². The van der Waals surface area contributed by atoms with Gasteiger partial charge in [-0.25, -0.2) is 4.79 Å². The Bertz CT molecular complexity index is 649. The van der Waals surface area contributed by atoms with Crippen LogP contribution in [0.3, 0.4) is 0 Å². The van der Waals surface area contributed by atoms with Crippen LogP contribution in [0.5, 0.6) is 5.75 Å². The number of hydrogen-bond donors (Lipinski definition) is 1. The second-order valence-electron chi connectivity index (χ2n) is 7.77. The molecule has 0 aliphatic carbocycles. The Labute approximate surface area is 175 Å². The lowest BCUT2D eigenvalue weighted by atomic mass is 9.97. The molecular formula is C23H37NO5. The predicted molar refractivity (Wildman–Crippen MR) is 116 cm³/mol. The first-order valence-electron chi connectivity index (χ1n) is 10.7. The molecule has 6 nitrogen and oxygen atoms in total. The molecule has 0 aliphatic heterocycles. The van der Waals surface area contributed by atoms with E-state index in [0.29, 0.717) is 42.6 Å². The Balaban J connectivity index is 3.07. The number of carbonyl (C=O) groups is 2. The molecule has 1 atom stereocenters. The summed E-state index contributed by atoms with van der Waals surface area (Å²) in [5.41, 5.74) is -0.101. The van der Waals surface area contributed by atoms with E-state index in [9.17, 15) is 9.59 Å². The quantitative estimate of drug-likeness (QED) is 0.454. The van der Waals surface area contributed by atoms with E-state index in [1.165, 1.54) is 0 Å². The average molecular weight is 408 g/mol. The van der Waals surface area contributed by atoms with Gasteiger partial charge < -0.3 is 19.5 Å². The van der Waals surface area contributed by atoms with Crippen LogP contribution >= 0.6 is 0 Å². The van der Waals surface area contributed by atoms with Crippen molar-refractivity contribution in [3.8, 4) is 5.75 Å². The van der Waals surface area contributed by atoms with E-state index in [0.717, 1.165) is 19.3 Å². The molecule has 0 aromatic heterocycles. The smallest absolute Gasteiger partial charge is 0.341 e. The van der Waals surface area contributed by atoms with Gasteiger partial charge in [-0.2, -0.15) is 0 Å². The summed E-state index contributed by atoms with van der Waals surface area (Å²) in [5, 5.41) is 2.90. The predicted octanol–water partition coefficient (Wildman–Crippen LogP) is 5.21. The van der Waals surface area contributed by atoms with E-state index in [1.54, 1.807) is 25.1 Å². The highest BCUT2D eigenvalue weighted by molar-refractivity contribution is 5.99. The molecule has 1 amide bonds. The van der Waals surface area contributed by atoms with Crippen molar-refractivity contribution in [2.75, 3.05) is 25.1 Å². The van der Waals surface area contributed by atoms with Gasteiger partial charge in [0, 0.05) is 12.3 Å². The standard InChI is InChI=1S/C23H37NO5/c1-7-10-13-23(6,29-14-8-2)22(26)24-18-11-12-20(28-16-17(4)5)19(15-18)21(25)27-9-3/h11-12,15,17H,7-10,13-14,16H2,1-6H3,(H,24,26)/t23-/m1/s1. The van der Waals surface area contributed by atoms with Crippen molar-refractivity contribution in [3.05, 3.63) is 23.8 Å². The lowest BCUT2D eigenvalue weighted by Crippen LogP contribution is -2.43. The highest BCUT2D eigenvalue weighted by atomic mass is 16.5. The van der Waals surface area contributed by atoms with Crippen LogP contribution in [0.25, 0.3) is 0 Å². The number of unbranched alkanes of at least 4 members (excludes halogenated alkanes) is 1. The fraction of sp³-hybridized carbons (Fsp3) is 0.652. The zero-order valence-electron chi connectivity index (χ0n) is 18.8. The van der Waals surface area contributed by atoms with E-state index >= 15 is 0 Å². The van der Waals surface area contributed by atoms with Crippen molar-refractivity contribution in [1.29, 1.82) is 0 Å². The molecule has 0 aliphatic rings. The number of rotatable bonds is 13. The van der Waals surface area contributed by atoms with Crippen molar-refractivity contribution in [3.63, 3.8) is 0 Å². The van der Waals surface area contributed by atoms with Crippen LogP contribution in [-0.4, -0.2) is 37.3 Å². The molecule has 6 heteroatoms. The van der Waals surface area contributed by atoms with Crippen molar-refractivity contribution >= 4 is 17.6 Å². The molecule has 0 saturated heterocycles. The zero-order valence-corrected chi connectivity index (χ0v) is 18.8. The second-order valence-corrected chi connectivity index (χ2v) is 7.77. The minimum atomic E-state index is -0.914. The van der Waals surface area contributed by atoms with Gasteiger partial charge in [-0.3, -0.25) is 4.79 Å². The van der Waals surface area contributed by atoms with E-state index in [4.69, 9.17) is 14.2 Å². The van der Waals surface area contributed by atoms with E-state index in [-0.39, 0.29) is 12.5 Å². The zero-order chi connectivity index (χ0) is 21.9. The molecule has 1 aromatic rings. The molecule has 1 aromatic carbocycles. The van der Waals surface area contributed by atoms with Crippen LogP contribution in [0.1, 0.15) is 77.6 Å². The van der Waals surface area contributed by atoms with Crippen LogP contribution in [0.15, 0.2) is 18.2 Å². The van der Waals surface area contributed by atoms with E-state index in [1.807, 2.05) is 27.7 Å². The Kier molecular flexibility index (Phi) is 10.7. The van der Waals surface area contributed by atoms with Gasteiger partial charge in [-0.15, -0.1) is 0 Å². The highest BCUT2D eigenvalue weighted by Gasteiger charge is 2.33. The fourth-order valence-electron chi connectivity index (χ4n) is 2.71. The molecule has 1 N–H and O–H groups in total. The lowest BCUT2D eigenvalue weighted by molar-refractivity contribution is -0.140. The van der Waals surface area contributed by atoms with Crippen LogP contribution in [0, 0.1) is 5.92 Å². The first-order valence-corrected chi connectivity index (χ1v) is 10.7. The first kappa shape index (κ1) is 25.0. The van der Waals surface area contributed by atoms with Gasteiger partial charge in [0.05, 0.1) is 13.2 Å². The van der Waals surface area contributed by atoms with Gasteiger partial charge in [0.15, 0.2) is 0 Å². The summed E-state index contributed by atoms with van der Waals surface area (Å²) in [6.07, 6.45) is 3.34. The number of benzene rings is 1. The van der Waals surface area contributed by atoms with Crippen LogP contribution < -0.4 is 10.1 Å². The molecular weight excluding hydrogens is 370 g/mol. The molecule has 0 bridgehead atoms. The number of esters is 1. The topological polar surface area (TPSA) is 73.9 Å². The number of carbonyl (C=O) groups excluding carboxylic acids is 2. The maximum atomic E-state index is 13.0. The summed E-state index contributed by atoms with van der Waals surface area (Å²) >= 11 is 0. The Morgan fingerprint density at radius 1 is 1.14 bits per heavy atom. The Morgan fingerprint density at radius 2 is 1.86 bits per heavy atom. The number of nitrogens with one attached hydrogen (secondary N) is 1. The number of ether oxygens (including phenoxy) is 3. The number of amides is 1. The van der Waals surface area contributed by atoms with Crippen LogP contribution in [0.2, 0.25) is 0 Å². The van der Waals surface area contributed by atoms with Crippen LogP contribution in [0.4, 0.5) is 5.69 Å². The number of hydrogen-bond acceptors (Lipinski definition) is 5. The molecule has 0 radical (unpaired) electrons. The molecule has 0 unspecified atom stereocenters. The second kappa shape index (κ2) is 12.5. The lowest BCUT2D eigenvalue weighted by Gasteiger charge is -2.28. The molecule has 29 heavy (non-hydrogen) atoms. The normalized spacial score (nSPS) is 13.1. The third-order valence-corrected chi connectivity index (χ3v) is 4.42. The number of anilines is 1. The summed E-state index contributed by atoms with van der Waals surface area (Å²) in [4.78, 5) is 25.4. The summed E-state index contributed by atoms with van der Waals surface area (Å²) in [5.74, 6) is 0.0777. The van der Waals surface area contributed by atoms with Crippen molar-refractivity contribution in [1.82, 2.24) is 0 Å². The van der Waals surface area contributed by atoms with Gasteiger partial charge in [-0.05, 0) is 50.8 Å². The van der Waals surface area contributed by atoms with E-state index in [2.05, 4.69) is 12.2 Å². The molecule has 1 rings (SSSR count). The first-order chi connectivity index (χ1) is 13.8. The largest absolute Gasteiger partial charge is 0.492 e. The van der Waals surface area contributed by atoms with Crippen molar-refractivity contribution in [2.45, 2.75) is 72.8 Å². The Hall–Kier alpha value is -2.08. The van der Waals surface area contributed by atoms with Crippen LogP contribution in [-0.2, 0) is 14.3 Å². The summed E-state index contributed by atoms with van der Waals surface area (Å²) in [6, 6.07) is 5.03. The molecule has 0 heterocycles. The molecule has 0 fully saturated rings. The van der Waals surface area contributed by atoms with E-state index < -0.39 is 11.6 Å². The van der Waals surface area contributed by atoms with Gasteiger partial charge in [0.1, 0.15) is 16.9 Å². The minimum Gasteiger partial charge on any atom is -0.492 e. The third-order valence-electron chi connectivity index (χ3n) is 4.42. The van der Waals surface area contributed by atoms with Crippen molar-refractivity contribution < 1.29 is 23.8 Å². The van der Waals surface area contributed by atoms with Gasteiger partial charge >= 0.3 is 5.97 Å².